The molecule has 1 aromatic carbocycles. The minimum absolute atomic E-state index is 0.537. The summed E-state index contributed by atoms with van der Waals surface area (Å²) in [5, 5.41) is 3.76. The molecule has 100 valence electrons. The van der Waals surface area contributed by atoms with Crippen LogP contribution in [0.2, 0.25) is 0 Å². The maximum atomic E-state index is 3.76. The summed E-state index contributed by atoms with van der Waals surface area (Å²) >= 11 is 1.83. The Hall–Kier alpha value is -0.630. The fourth-order valence-electron chi connectivity index (χ4n) is 2.79. The van der Waals surface area contributed by atoms with Crippen LogP contribution < -0.4 is 5.32 Å². The van der Waals surface area contributed by atoms with Gasteiger partial charge in [0.1, 0.15) is 0 Å². The molecule has 1 aliphatic carbocycles. The molecule has 1 atom stereocenters. The molecule has 1 aromatic rings. The highest BCUT2D eigenvalue weighted by atomic mass is 32.2. The SMILES string of the molecule is CSc1ccccc1NC1CCCC(C)(C)CC1. The Labute approximate surface area is 116 Å². The smallest absolute Gasteiger partial charge is 0.0480 e. The minimum atomic E-state index is 0.537. The van der Waals surface area contributed by atoms with Crippen molar-refractivity contribution < 1.29 is 0 Å². The van der Waals surface area contributed by atoms with E-state index in [4.69, 9.17) is 0 Å². The van der Waals surface area contributed by atoms with Gasteiger partial charge in [0.25, 0.3) is 0 Å². The molecule has 0 spiro atoms. The Balaban J connectivity index is 2.01. The molecule has 0 aliphatic heterocycles. The van der Waals surface area contributed by atoms with Crippen molar-refractivity contribution in [2.45, 2.75) is 56.9 Å². The topological polar surface area (TPSA) is 12.0 Å². The number of hydrogen-bond donors (Lipinski definition) is 1. The van der Waals surface area contributed by atoms with Crippen LogP contribution in [0.15, 0.2) is 29.2 Å². The van der Waals surface area contributed by atoms with Gasteiger partial charge in [0.05, 0.1) is 0 Å². The van der Waals surface area contributed by atoms with Gasteiger partial charge in [-0.05, 0) is 49.5 Å². The molecule has 0 aromatic heterocycles. The van der Waals surface area contributed by atoms with Crippen LogP contribution in [0, 0.1) is 5.41 Å². The first-order chi connectivity index (χ1) is 8.61. The van der Waals surface area contributed by atoms with Gasteiger partial charge >= 0.3 is 0 Å². The molecule has 1 nitrogen and oxygen atoms in total. The molecule has 1 aliphatic rings. The van der Waals surface area contributed by atoms with Crippen molar-refractivity contribution in [2.24, 2.45) is 5.41 Å². The average Bonchev–Trinajstić information content (AvgIpc) is 2.52. The molecule has 0 radical (unpaired) electrons. The van der Waals surface area contributed by atoms with E-state index < -0.39 is 0 Å². The summed E-state index contributed by atoms with van der Waals surface area (Å²) in [6.07, 6.45) is 8.83. The van der Waals surface area contributed by atoms with Crippen LogP contribution in [0.4, 0.5) is 5.69 Å². The third-order valence-corrected chi connectivity index (χ3v) is 4.84. The van der Waals surface area contributed by atoms with Crippen molar-refractivity contribution in [2.75, 3.05) is 11.6 Å². The Morgan fingerprint density at radius 1 is 1.17 bits per heavy atom. The van der Waals surface area contributed by atoms with Gasteiger partial charge in [-0.15, -0.1) is 11.8 Å². The first-order valence-electron chi connectivity index (χ1n) is 7.00. The zero-order valence-corrected chi connectivity index (χ0v) is 12.6. The third-order valence-electron chi connectivity index (χ3n) is 4.04. The molecule has 2 rings (SSSR count). The van der Waals surface area contributed by atoms with E-state index in [1.807, 2.05) is 11.8 Å². The van der Waals surface area contributed by atoms with Gasteiger partial charge in [-0.1, -0.05) is 32.4 Å². The van der Waals surface area contributed by atoms with E-state index in [-0.39, 0.29) is 0 Å². The van der Waals surface area contributed by atoms with Gasteiger partial charge in [-0.25, -0.2) is 0 Å². The fraction of sp³-hybridized carbons (Fsp3) is 0.625. The second kappa shape index (κ2) is 6.01. The molecule has 1 fully saturated rings. The number of anilines is 1. The number of hydrogen-bond acceptors (Lipinski definition) is 2. The van der Waals surface area contributed by atoms with Crippen molar-refractivity contribution >= 4 is 17.4 Å². The average molecular weight is 263 g/mol. The van der Waals surface area contributed by atoms with Gasteiger partial charge < -0.3 is 5.32 Å². The normalized spacial score (nSPS) is 23.4. The van der Waals surface area contributed by atoms with E-state index in [0.29, 0.717) is 11.5 Å². The number of rotatable bonds is 3. The molecule has 2 heteroatoms. The van der Waals surface area contributed by atoms with Crippen molar-refractivity contribution in [3.8, 4) is 0 Å². The number of benzene rings is 1. The lowest BCUT2D eigenvalue weighted by Gasteiger charge is -2.23. The first-order valence-corrected chi connectivity index (χ1v) is 8.23. The van der Waals surface area contributed by atoms with Crippen LogP contribution in [0.5, 0.6) is 0 Å². The summed E-state index contributed by atoms with van der Waals surface area (Å²) in [5.74, 6) is 0. The monoisotopic (exact) mass is 263 g/mol. The zero-order valence-electron chi connectivity index (χ0n) is 11.8. The van der Waals surface area contributed by atoms with E-state index in [1.165, 1.54) is 42.7 Å². The van der Waals surface area contributed by atoms with Crippen LogP contribution in [-0.4, -0.2) is 12.3 Å². The largest absolute Gasteiger partial charge is 0.381 e. The maximum absolute atomic E-state index is 3.76. The zero-order chi connectivity index (χ0) is 13.0. The quantitative estimate of drug-likeness (QED) is 0.595. The van der Waals surface area contributed by atoms with Crippen molar-refractivity contribution in [3.63, 3.8) is 0 Å². The molecule has 1 saturated carbocycles. The molecule has 1 unspecified atom stereocenters. The van der Waals surface area contributed by atoms with E-state index in [9.17, 15) is 0 Å². The lowest BCUT2D eigenvalue weighted by Crippen LogP contribution is -2.19. The van der Waals surface area contributed by atoms with Gasteiger partial charge in [0.2, 0.25) is 0 Å². The molecule has 1 N–H and O–H groups in total. The third kappa shape index (κ3) is 3.68. The Morgan fingerprint density at radius 3 is 2.72 bits per heavy atom. The summed E-state index contributed by atoms with van der Waals surface area (Å²) in [5.41, 5.74) is 1.85. The fourth-order valence-corrected chi connectivity index (χ4v) is 3.35. The van der Waals surface area contributed by atoms with E-state index >= 15 is 0 Å². The van der Waals surface area contributed by atoms with Gasteiger partial charge in [-0.3, -0.25) is 0 Å². The molecular weight excluding hydrogens is 238 g/mol. The summed E-state index contributed by atoms with van der Waals surface area (Å²) in [6.45, 7) is 4.82. The number of nitrogens with one attached hydrogen (secondary N) is 1. The maximum Gasteiger partial charge on any atom is 0.0480 e. The summed E-state index contributed by atoms with van der Waals surface area (Å²) in [4.78, 5) is 1.36. The second-order valence-electron chi connectivity index (χ2n) is 6.14. The Morgan fingerprint density at radius 2 is 1.94 bits per heavy atom. The lowest BCUT2D eigenvalue weighted by atomic mass is 9.85. The predicted octanol–water partition coefficient (Wildman–Crippen LogP) is 5.18. The van der Waals surface area contributed by atoms with Crippen LogP contribution in [0.3, 0.4) is 0 Å². The number of para-hydroxylation sites is 1. The van der Waals surface area contributed by atoms with E-state index in [1.54, 1.807) is 0 Å². The highest BCUT2D eigenvalue weighted by molar-refractivity contribution is 7.98. The van der Waals surface area contributed by atoms with Crippen molar-refractivity contribution in [1.82, 2.24) is 0 Å². The van der Waals surface area contributed by atoms with Gasteiger partial charge in [-0.2, -0.15) is 0 Å². The summed E-state index contributed by atoms with van der Waals surface area (Å²) < 4.78 is 0. The molecule has 0 saturated heterocycles. The van der Waals surface area contributed by atoms with Gasteiger partial charge in [0.15, 0.2) is 0 Å². The molecule has 0 amide bonds. The van der Waals surface area contributed by atoms with E-state index in [0.717, 1.165) is 0 Å². The first kappa shape index (κ1) is 13.8. The highest BCUT2D eigenvalue weighted by Crippen LogP contribution is 2.35. The Kier molecular flexibility index (Phi) is 4.60. The summed E-state index contributed by atoms with van der Waals surface area (Å²) in [7, 11) is 0. The standard InChI is InChI=1S/C16H25NS/c1-16(2)11-6-7-13(10-12-16)17-14-8-4-5-9-15(14)18-3/h4-5,8-9,13,17H,6-7,10-12H2,1-3H3. The highest BCUT2D eigenvalue weighted by Gasteiger charge is 2.24. The second-order valence-corrected chi connectivity index (χ2v) is 6.98. The summed E-state index contributed by atoms with van der Waals surface area (Å²) in [6, 6.07) is 9.31. The predicted molar refractivity (Wildman–Crippen MR) is 82.5 cm³/mol. The van der Waals surface area contributed by atoms with Crippen LogP contribution in [-0.2, 0) is 0 Å². The van der Waals surface area contributed by atoms with Crippen LogP contribution in [0.1, 0.15) is 46.0 Å². The molecule has 0 heterocycles. The van der Waals surface area contributed by atoms with Crippen molar-refractivity contribution in [3.05, 3.63) is 24.3 Å². The molecular formula is C16H25NS. The number of thioether (sulfide) groups is 1. The van der Waals surface area contributed by atoms with Crippen LogP contribution >= 0.6 is 11.8 Å². The Bertz CT molecular complexity index is 386. The minimum Gasteiger partial charge on any atom is -0.381 e. The van der Waals surface area contributed by atoms with Gasteiger partial charge in [0, 0.05) is 16.6 Å². The molecule has 18 heavy (non-hydrogen) atoms. The van der Waals surface area contributed by atoms with Crippen molar-refractivity contribution in [1.29, 1.82) is 0 Å². The molecule has 0 bridgehead atoms. The lowest BCUT2D eigenvalue weighted by molar-refractivity contribution is 0.313. The van der Waals surface area contributed by atoms with E-state index in [2.05, 4.69) is 49.7 Å². The van der Waals surface area contributed by atoms with Crippen LogP contribution in [0.25, 0.3) is 0 Å².